The molecular formula is C15H18N4O. The third-order valence-corrected chi connectivity index (χ3v) is 2.97. The molecule has 0 atom stereocenters. The normalized spacial score (nSPS) is 11.3. The van der Waals surface area contributed by atoms with Crippen molar-refractivity contribution in [2.75, 3.05) is 11.4 Å². The van der Waals surface area contributed by atoms with Crippen LogP contribution in [-0.4, -0.2) is 22.6 Å². The van der Waals surface area contributed by atoms with Gasteiger partial charge in [-0.2, -0.15) is 0 Å². The average molecular weight is 270 g/mol. The van der Waals surface area contributed by atoms with Gasteiger partial charge in [-0.05, 0) is 24.3 Å². The fraction of sp³-hybridized carbons (Fsp3) is 0.200. The molecule has 0 radical (unpaired) electrons. The van der Waals surface area contributed by atoms with Crippen molar-refractivity contribution < 1.29 is 5.21 Å². The van der Waals surface area contributed by atoms with Gasteiger partial charge in [0.05, 0.1) is 12.2 Å². The molecule has 20 heavy (non-hydrogen) atoms. The highest BCUT2D eigenvalue weighted by Gasteiger charge is 2.08. The van der Waals surface area contributed by atoms with Crippen molar-refractivity contribution in [3.63, 3.8) is 0 Å². The number of para-hydroxylation sites is 1. The summed E-state index contributed by atoms with van der Waals surface area (Å²) in [6, 6.07) is 15.9. The number of nitrogens with zero attached hydrogens (tertiary/aromatic N) is 3. The molecule has 0 bridgehead atoms. The zero-order valence-corrected chi connectivity index (χ0v) is 11.2. The molecule has 2 rings (SSSR count). The van der Waals surface area contributed by atoms with Gasteiger partial charge in [0.25, 0.3) is 0 Å². The smallest absolute Gasteiger partial charge is 0.140 e. The molecule has 0 amide bonds. The molecular weight excluding hydrogens is 252 g/mol. The number of benzene rings is 1. The highest BCUT2D eigenvalue weighted by atomic mass is 16.4. The summed E-state index contributed by atoms with van der Waals surface area (Å²) >= 11 is 0. The van der Waals surface area contributed by atoms with Crippen molar-refractivity contribution >= 4 is 11.5 Å². The molecule has 0 spiro atoms. The summed E-state index contributed by atoms with van der Waals surface area (Å²) in [6.07, 6.45) is 2.28. The molecule has 0 unspecified atom stereocenters. The van der Waals surface area contributed by atoms with Crippen LogP contribution in [0.3, 0.4) is 0 Å². The second kappa shape index (κ2) is 7.13. The Morgan fingerprint density at radius 2 is 1.90 bits per heavy atom. The van der Waals surface area contributed by atoms with Gasteiger partial charge in [0.15, 0.2) is 0 Å². The van der Waals surface area contributed by atoms with Crippen LogP contribution >= 0.6 is 0 Å². The zero-order valence-electron chi connectivity index (χ0n) is 11.2. The second-order valence-corrected chi connectivity index (χ2v) is 4.42. The minimum Gasteiger partial charge on any atom is -0.409 e. The first-order valence-corrected chi connectivity index (χ1v) is 6.46. The fourth-order valence-electron chi connectivity index (χ4n) is 1.92. The Kier molecular flexibility index (Phi) is 4.94. The molecule has 3 N–H and O–H groups in total. The van der Waals surface area contributed by atoms with E-state index in [-0.39, 0.29) is 5.84 Å². The lowest BCUT2D eigenvalue weighted by Crippen LogP contribution is -2.28. The van der Waals surface area contributed by atoms with Crippen LogP contribution in [0.1, 0.15) is 12.1 Å². The fourth-order valence-corrected chi connectivity index (χ4v) is 1.92. The Hall–Kier alpha value is -2.56. The standard InChI is InChI=1S/C15H18N4O/c16-15(18-20)9-11-19(14-7-2-1-3-8-14)12-13-6-4-5-10-17-13/h1-8,10,20H,9,11-12H2,(H2,16,18). The van der Waals surface area contributed by atoms with E-state index in [0.29, 0.717) is 19.5 Å². The summed E-state index contributed by atoms with van der Waals surface area (Å²) < 4.78 is 0. The zero-order chi connectivity index (χ0) is 14.2. The molecule has 0 saturated heterocycles. The van der Waals surface area contributed by atoms with E-state index < -0.39 is 0 Å². The molecule has 2 aromatic rings. The van der Waals surface area contributed by atoms with Crippen LogP contribution < -0.4 is 10.6 Å². The molecule has 0 fully saturated rings. The number of anilines is 1. The van der Waals surface area contributed by atoms with Gasteiger partial charge in [0.2, 0.25) is 0 Å². The third kappa shape index (κ3) is 3.98. The van der Waals surface area contributed by atoms with Crippen LogP contribution in [0, 0.1) is 0 Å². The van der Waals surface area contributed by atoms with Gasteiger partial charge < -0.3 is 15.8 Å². The van der Waals surface area contributed by atoms with Crippen molar-refractivity contribution in [2.24, 2.45) is 10.9 Å². The topological polar surface area (TPSA) is 74.7 Å². The first-order chi connectivity index (χ1) is 9.79. The molecule has 0 saturated carbocycles. The van der Waals surface area contributed by atoms with Crippen molar-refractivity contribution in [1.29, 1.82) is 0 Å². The molecule has 1 aromatic heterocycles. The minimum atomic E-state index is 0.229. The lowest BCUT2D eigenvalue weighted by atomic mass is 10.2. The molecule has 0 aliphatic carbocycles. The van der Waals surface area contributed by atoms with Gasteiger partial charge in [-0.15, -0.1) is 0 Å². The van der Waals surface area contributed by atoms with Crippen LogP contribution in [0.15, 0.2) is 59.9 Å². The maximum Gasteiger partial charge on any atom is 0.140 e. The number of nitrogens with two attached hydrogens (primary N) is 1. The Balaban J connectivity index is 2.12. The number of amidine groups is 1. The van der Waals surface area contributed by atoms with Gasteiger partial charge in [-0.3, -0.25) is 4.98 Å². The lowest BCUT2D eigenvalue weighted by Gasteiger charge is -2.24. The highest BCUT2D eigenvalue weighted by Crippen LogP contribution is 2.16. The minimum absolute atomic E-state index is 0.229. The van der Waals surface area contributed by atoms with Crippen LogP contribution in [0.5, 0.6) is 0 Å². The van der Waals surface area contributed by atoms with E-state index in [9.17, 15) is 0 Å². The Labute approximate surface area is 118 Å². The number of rotatable bonds is 6. The summed E-state index contributed by atoms with van der Waals surface area (Å²) in [5.41, 5.74) is 7.62. The van der Waals surface area contributed by atoms with Crippen molar-refractivity contribution in [2.45, 2.75) is 13.0 Å². The molecule has 0 aliphatic heterocycles. The maximum absolute atomic E-state index is 8.64. The van der Waals surface area contributed by atoms with Crippen molar-refractivity contribution in [3.05, 3.63) is 60.4 Å². The largest absolute Gasteiger partial charge is 0.409 e. The van der Waals surface area contributed by atoms with Gasteiger partial charge in [-0.1, -0.05) is 29.4 Å². The summed E-state index contributed by atoms with van der Waals surface area (Å²) in [5.74, 6) is 0.229. The molecule has 104 valence electrons. The van der Waals surface area contributed by atoms with Crippen LogP contribution in [0.4, 0.5) is 5.69 Å². The summed E-state index contributed by atoms with van der Waals surface area (Å²) in [7, 11) is 0. The number of hydrogen-bond donors (Lipinski definition) is 2. The van der Waals surface area contributed by atoms with E-state index >= 15 is 0 Å². The van der Waals surface area contributed by atoms with E-state index in [1.807, 2.05) is 48.5 Å². The Morgan fingerprint density at radius 3 is 2.55 bits per heavy atom. The van der Waals surface area contributed by atoms with Gasteiger partial charge in [0.1, 0.15) is 5.84 Å². The van der Waals surface area contributed by atoms with Crippen LogP contribution in [-0.2, 0) is 6.54 Å². The van der Waals surface area contributed by atoms with Crippen molar-refractivity contribution in [1.82, 2.24) is 4.98 Å². The predicted octanol–water partition coefficient (Wildman–Crippen LogP) is 2.22. The third-order valence-electron chi connectivity index (χ3n) is 2.97. The summed E-state index contributed by atoms with van der Waals surface area (Å²) in [5, 5.41) is 11.7. The molecule has 5 heteroatoms. The second-order valence-electron chi connectivity index (χ2n) is 4.42. The molecule has 0 aliphatic rings. The van der Waals surface area contributed by atoms with E-state index in [1.165, 1.54) is 0 Å². The van der Waals surface area contributed by atoms with Crippen molar-refractivity contribution in [3.8, 4) is 0 Å². The maximum atomic E-state index is 8.64. The monoisotopic (exact) mass is 270 g/mol. The summed E-state index contributed by atoms with van der Waals surface area (Å²) in [6.45, 7) is 1.35. The van der Waals surface area contributed by atoms with Gasteiger partial charge in [0, 0.05) is 24.8 Å². The number of hydrogen-bond acceptors (Lipinski definition) is 4. The van der Waals surface area contributed by atoms with E-state index in [0.717, 1.165) is 11.4 Å². The first-order valence-electron chi connectivity index (χ1n) is 6.46. The van der Waals surface area contributed by atoms with Crippen LogP contribution in [0.2, 0.25) is 0 Å². The quantitative estimate of drug-likeness (QED) is 0.365. The average Bonchev–Trinajstić information content (AvgIpc) is 2.53. The van der Waals surface area contributed by atoms with E-state index in [1.54, 1.807) is 6.20 Å². The molecule has 5 nitrogen and oxygen atoms in total. The van der Waals surface area contributed by atoms with E-state index in [2.05, 4.69) is 15.0 Å². The predicted molar refractivity (Wildman–Crippen MR) is 79.8 cm³/mol. The number of oxime groups is 1. The first kappa shape index (κ1) is 13.9. The highest BCUT2D eigenvalue weighted by molar-refractivity contribution is 5.80. The number of pyridine rings is 1. The number of aromatic nitrogens is 1. The van der Waals surface area contributed by atoms with Gasteiger partial charge in [-0.25, -0.2) is 0 Å². The summed E-state index contributed by atoms with van der Waals surface area (Å²) in [4.78, 5) is 6.49. The van der Waals surface area contributed by atoms with Gasteiger partial charge >= 0.3 is 0 Å². The molecule has 1 aromatic carbocycles. The van der Waals surface area contributed by atoms with E-state index in [4.69, 9.17) is 10.9 Å². The Morgan fingerprint density at radius 1 is 1.15 bits per heavy atom. The molecule has 1 heterocycles. The van der Waals surface area contributed by atoms with Crippen LogP contribution in [0.25, 0.3) is 0 Å². The lowest BCUT2D eigenvalue weighted by molar-refractivity contribution is 0.317. The SMILES string of the molecule is N/C(CCN(Cc1ccccn1)c1ccccc1)=N\O. The Bertz CT molecular complexity index is 542.